The van der Waals surface area contributed by atoms with E-state index in [0.717, 1.165) is 43.2 Å². The number of nitrogens with zero attached hydrogens (tertiary/aromatic N) is 5. The summed E-state index contributed by atoms with van der Waals surface area (Å²) < 4.78 is 16.1. The van der Waals surface area contributed by atoms with Gasteiger partial charge >= 0.3 is 5.69 Å². The zero-order valence-electron chi connectivity index (χ0n) is 15.9. The molecule has 1 amide bonds. The molecule has 2 aromatic rings. The van der Waals surface area contributed by atoms with Crippen LogP contribution in [0, 0.1) is 5.82 Å². The molecule has 9 heteroatoms. The van der Waals surface area contributed by atoms with E-state index in [-0.39, 0.29) is 11.5 Å². The molecule has 0 unspecified atom stereocenters. The van der Waals surface area contributed by atoms with Gasteiger partial charge in [-0.1, -0.05) is 12.1 Å². The number of hydrogen-bond acceptors (Lipinski definition) is 5. The van der Waals surface area contributed by atoms with Crippen molar-refractivity contribution in [1.29, 1.82) is 0 Å². The molecule has 0 radical (unpaired) electrons. The number of benzene rings is 1. The van der Waals surface area contributed by atoms with Gasteiger partial charge in [-0.15, -0.1) is 0 Å². The molecule has 0 atom stereocenters. The summed E-state index contributed by atoms with van der Waals surface area (Å²) in [4.78, 5) is 39.6. The van der Waals surface area contributed by atoms with Crippen LogP contribution in [0.1, 0.15) is 23.2 Å². The van der Waals surface area contributed by atoms with Crippen LogP contribution in [-0.2, 0) is 13.6 Å². The molecule has 3 rings (SSSR count). The maximum atomic E-state index is 13.8. The maximum Gasteiger partial charge on any atom is 0.347 e. The van der Waals surface area contributed by atoms with E-state index in [4.69, 9.17) is 0 Å². The summed E-state index contributed by atoms with van der Waals surface area (Å²) in [6.07, 6.45) is 2.78. The molecular weight excluding hydrogens is 365 g/mol. The van der Waals surface area contributed by atoms with Gasteiger partial charge < -0.3 is 4.90 Å². The van der Waals surface area contributed by atoms with E-state index in [1.54, 1.807) is 17.0 Å². The summed E-state index contributed by atoms with van der Waals surface area (Å²) in [6.45, 7) is 3.90. The fraction of sp³-hybridized carbons (Fsp3) is 0.474. The Morgan fingerprint density at radius 3 is 2.46 bits per heavy atom. The lowest BCUT2D eigenvalue weighted by Gasteiger charge is -2.34. The lowest BCUT2D eigenvalue weighted by molar-refractivity contribution is 0.0630. The average molecular weight is 389 g/mol. The molecule has 0 spiro atoms. The largest absolute Gasteiger partial charge is 0.347 e. The molecule has 1 saturated heterocycles. The predicted molar refractivity (Wildman–Crippen MR) is 102 cm³/mol. The highest BCUT2D eigenvalue weighted by atomic mass is 19.1. The van der Waals surface area contributed by atoms with E-state index in [0.29, 0.717) is 19.6 Å². The first-order valence-corrected chi connectivity index (χ1v) is 9.36. The van der Waals surface area contributed by atoms with Crippen molar-refractivity contribution in [2.24, 2.45) is 7.05 Å². The minimum atomic E-state index is -0.489. The monoisotopic (exact) mass is 389 g/mol. The second kappa shape index (κ2) is 8.92. The van der Waals surface area contributed by atoms with Crippen molar-refractivity contribution in [3.63, 3.8) is 0 Å². The summed E-state index contributed by atoms with van der Waals surface area (Å²) >= 11 is 0. The Kier molecular flexibility index (Phi) is 6.35. The number of aryl methyl sites for hydroxylation is 1. The van der Waals surface area contributed by atoms with Crippen molar-refractivity contribution in [2.45, 2.75) is 19.4 Å². The Labute approximate surface area is 161 Å². The minimum absolute atomic E-state index is 0.117. The minimum Gasteiger partial charge on any atom is -0.336 e. The van der Waals surface area contributed by atoms with Crippen LogP contribution in [0.2, 0.25) is 0 Å². The van der Waals surface area contributed by atoms with Crippen molar-refractivity contribution >= 4 is 5.91 Å². The SMILES string of the molecule is Cn1c(=O)cnn(CCCCN2CCN(C(=O)c3ccccc3F)CC2)c1=O. The highest BCUT2D eigenvalue weighted by molar-refractivity contribution is 5.94. The van der Waals surface area contributed by atoms with Crippen molar-refractivity contribution < 1.29 is 9.18 Å². The fourth-order valence-corrected chi connectivity index (χ4v) is 3.25. The first-order chi connectivity index (χ1) is 13.5. The molecule has 150 valence electrons. The van der Waals surface area contributed by atoms with E-state index in [1.165, 1.54) is 23.9 Å². The summed E-state index contributed by atoms with van der Waals surface area (Å²) in [5, 5.41) is 3.87. The standard InChI is InChI=1S/C19H24FN5O3/c1-22-17(26)14-21-25(19(22)28)9-5-4-8-23-10-12-24(13-11-23)18(27)15-6-2-3-7-16(15)20/h2-3,6-7,14H,4-5,8-13H2,1H3. The number of carbonyl (C=O) groups excluding carboxylic acids is 1. The number of aromatic nitrogens is 3. The second-order valence-electron chi connectivity index (χ2n) is 6.87. The number of unbranched alkanes of at least 4 members (excludes halogenated alkanes) is 1. The van der Waals surface area contributed by atoms with Gasteiger partial charge in [-0.3, -0.25) is 19.1 Å². The van der Waals surface area contributed by atoms with Crippen LogP contribution in [-0.4, -0.2) is 62.8 Å². The number of carbonyl (C=O) groups is 1. The van der Waals surface area contributed by atoms with E-state index in [1.807, 2.05) is 0 Å². The molecule has 1 fully saturated rings. The average Bonchev–Trinajstić information content (AvgIpc) is 2.71. The molecule has 28 heavy (non-hydrogen) atoms. The van der Waals surface area contributed by atoms with Crippen molar-refractivity contribution in [3.05, 3.63) is 62.7 Å². The molecule has 0 saturated carbocycles. The lowest BCUT2D eigenvalue weighted by atomic mass is 10.1. The van der Waals surface area contributed by atoms with Gasteiger partial charge in [-0.05, 0) is 31.5 Å². The number of hydrogen-bond donors (Lipinski definition) is 0. The van der Waals surface area contributed by atoms with Crippen LogP contribution in [0.25, 0.3) is 0 Å². The quantitative estimate of drug-likeness (QED) is 0.665. The zero-order chi connectivity index (χ0) is 20.1. The lowest BCUT2D eigenvalue weighted by Crippen LogP contribution is -2.49. The van der Waals surface area contributed by atoms with Gasteiger partial charge in [0.25, 0.3) is 11.5 Å². The topological polar surface area (TPSA) is 80.4 Å². The smallest absolute Gasteiger partial charge is 0.336 e. The van der Waals surface area contributed by atoms with Gasteiger partial charge in [0.05, 0.1) is 5.56 Å². The van der Waals surface area contributed by atoms with E-state index < -0.39 is 17.1 Å². The van der Waals surface area contributed by atoms with Crippen molar-refractivity contribution in [1.82, 2.24) is 24.1 Å². The molecule has 8 nitrogen and oxygen atoms in total. The van der Waals surface area contributed by atoms with Crippen molar-refractivity contribution in [3.8, 4) is 0 Å². The Morgan fingerprint density at radius 1 is 1.07 bits per heavy atom. The van der Waals surface area contributed by atoms with Crippen LogP contribution in [0.5, 0.6) is 0 Å². The summed E-state index contributed by atoms with van der Waals surface area (Å²) in [5.74, 6) is -0.755. The Morgan fingerprint density at radius 2 is 1.75 bits per heavy atom. The van der Waals surface area contributed by atoms with E-state index >= 15 is 0 Å². The van der Waals surface area contributed by atoms with Crippen LogP contribution in [0.3, 0.4) is 0 Å². The number of halogens is 1. The highest BCUT2D eigenvalue weighted by Gasteiger charge is 2.23. The second-order valence-corrected chi connectivity index (χ2v) is 6.87. The summed E-state index contributed by atoms with van der Waals surface area (Å²) in [5.41, 5.74) is -0.706. The fourth-order valence-electron chi connectivity index (χ4n) is 3.25. The van der Waals surface area contributed by atoms with Gasteiger partial charge in [-0.2, -0.15) is 5.10 Å². The summed E-state index contributed by atoms with van der Waals surface area (Å²) in [6, 6.07) is 6.05. The van der Waals surface area contributed by atoms with Crippen molar-refractivity contribution in [2.75, 3.05) is 32.7 Å². The van der Waals surface area contributed by atoms with Gasteiger partial charge in [0.15, 0.2) is 0 Å². The van der Waals surface area contributed by atoms with Gasteiger partial charge in [-0.25, -0.2) is 13.9 Å². The Hall–Kier alpha value is -2.81. The van der Waals surface area contributed by atoms with E-state index in [9.17, 15) is 18.8 Å². The van der Waals surface area contributed by atoms with Crippen LogP contribution in [0.4, 0.5) is 4.39 Å². The normalized spacial score (nSPS) is 15.0. The first-order valence-electron chi connectivity index (χ1n) is 9.36. The zero-order valence-corrected chi connectivity index (χ0v) is 15.9. The molecule has 0 bridgehead atoms. The highest BCUT2D eigenvalue weighted by Crippen LogP contribution is 2.12. The summed E-state index contributed by atoms with van der Waals surface area (Å²) in [7, 11) is 1.44. The van der Waals surface area contributed by atoms with Crippen LogP contribution in [0.15, 0.2) is 40.1 Å². The van der Waals surface area contributed by atoms with Gasteiger partial charge in [0.2, 0.25) is 0 Å². The molecule has 0 aliphatic carbocycles. The number of rotatable bonds is 6. The molecule has 1 aliphatic heterocycles. The third-order valence-corrected chi connectivity index (χ3v) is 5.00. The maximum absolute atomic E-state index is 13.8. The van der Waals surface area contributed by atoms with E-state index in [2.05, 4.69) is 10.00 Å². The third kappa shape index (κ3) is 4.53. The first kappa shape index (κ1) is 19.9. The number of piperazine rings is 1. The predicted octanol–water partition coefficient (Wildman–Crippen LogP) is 0.319. The Bertz CT molecular complexity index is 947. The van der Waals surface area contributed by atoms with Gasteiger partial charge in [0, 0.05) is 39.8 Å². The molecule has 0 N–H and O–H groups in total. The molecule has 2 heterocycles. The molecule has 1 aromatic heterocycles. The molecular formula is C19H24FN5O3. The Balaban J connectivity index is 1.42. The van der Waals surface area contributed by atoms with Gasteiger partial charge in [0.1, 0.15) is 12.0 Å². The molecule has 1 aliphatic rings. The number of amides is 1. The third-order valence-electron chi connectivity index (χ3n) is 5.00. The van der Waals surface area contributed by atoms with Crippen LogP contribution >= 0.6 is 0 Å². The van der Waals surface area contributed by atoms with Crippen LogP contribution < -0.4 is 11.2 Å². The molecule has 1 aromatic carbocycles.